The van der Waals surface area contributed by atoms with Gasteiger partial charge in [0.15, 0.2) is 0 Å². The van der Waals surface area contributed by atoms with Gasteiger partial charge in [0, 0.05) is 5.39 Å². The Kier molecular flexibility index (Phi) is 2.94. The number of hydrazine groups is 1. The van der Waals surface area contributed by atoms with Gasteiger partial charge in [0.1, 0.15) is 15.6 Å². The second kappa shape index (κ2) is 4.60. The first-order valence-electron chi connectivity index (χ1n) is 5.22. The number of hydrogen-bond donors (Lipinski definition) is 2. The Labute approximate surface area is 111 Å². The van der Waals surface area contributed by atoms with Crippen LogP contribution in [0.4, 0.5) is 5.95 Å². The molecule has 0 fully saturated rings. The predicted octanol–water partition coefficient (Wildman–Crippen LogP) is 3.03. The molecule has 0 aliphatic heterocycles. The first-order chi connectivity index (χ1) is 8.78. The van der Waals surface area contributed by atoms with Gasteiger partial charge in [-0.2, -0.15) is 0 Å². The minimum Gasteiger partial charge on any atom is -0.468 e. The van der Waals surface area contributed by atoms with Crippen molar-refractivity contribution >= 4 is 39.3 Å². The number of nitrogens with zero attached hydrogens (tertiary/aromatic N) is 2. The minimum absolute atomic E-state index is 0.425. The van der Waals surface area contributed by atoms with Gasteiger partial charge in [-0.1, -0.05) is 11.8 Å². The van der Waals surface area contributed by atoms with Crippen molar-refractivity contribution in [2.75, 3.05) is 5.43 Å². The fraction of sp³-hybridized carbons (Fsp3) is 0.0909. The Morgan fingerprint density at radius 3 is 3.00 bits per heavy atom. The lowest BCUT2D eigenvalue weighted by Crippen LogP contribution is -2.10. The Morgan fingerprint density at radius 2 is 2.28 bits per heavy atom. The highest BCUT2D eigenvalue weighted by Gasteiger charge is 2.12. The van der Waals surface area contributed by atoms with Crippen LogP contribution in [0.15, 0.2) is 38.1 Å². The molecular weight excluding hydrogens is 268 g/mol. The topological polar surface area (TPSA) is 77.0 Å². The first kappa shape index (κ1) is 11.5. The van der Waals surface area contributed by atoms with Crippen LogP contribution in [0.25, 0.3) is 10.2 Å². The van der Waals surface area contributed by atoms with Crippen LogP contribution in [0.3, 0.4) is 0 Å². The van der Waals surface area contributed by atoms with E-state index >= 15 is 0 Å². The molecule has 3 aromatic heterocycles. The Balaban J connectivity index is 2.10. The van der Waals surface area contributed by atoms with Gasteiger partial charge in [-0.3, -0.25) is 5.43 Å². The number of aryl methyl sites for hydroxylation is 1. The van der Waals surface area contributed by atoms with Gasteiger partial charge >= 0.3 is 0 Å². The first-order valence-corrected chi connectivity index (χ1v) is 6.91. The maximum atomic E-state index is 5.38. The molecule has 3 rings (SSSR count). The van der Waals surface area contributed by atoms with E-state index in [0.717, 1.165) is 25.9 Å². The molecule has 0 spiro atoms. The van der Waals surface area contributed by atoms with Crippen LogP contribution in [-0.4, -0.2) is 9.97 Å². The summed E-state index contributed by atoms with van der Waals surface area (Å²) in [5.74, 6) is 6.69. The van der Waals surface area contributed by atoms with Gasteiger partial charge in [0.2, 0.25) is 5.95 Å². The highest BCUT2D eigenvalue weighted by Crippen LogP contribution is 2.35. The van der Waals surface area contributed by atoms with Crippen molar-refractivity contribution in [3.05, 3.63) is 29.5 Å². The number of nitrogens with two attached hydrogens (primary N) is 1. The zero-order valence-electron chi connectivity index (χ0n) is 9.51. The molecule has 0 unspecified atom stereocenters. The molecule has 92 valence electrons. The van der Waals surface area contributed by atoms with Crippen molar-refractivity contribution in [2.24, 2.45) is 5.84 Å². The van der Waals surface area contributed by atoms with E-state index in [4.69, 9.17) is 10.3 Å². The molecular formula is C11H10N4OS2. The summed E-state index contributed by atoms with van der Waals surface area (Å²) in [7, 11) is 0. The molecule has 0 atom stereocenters. The van der Waals surface area contributed by atoms with Gasteiger partial charge in [-0.25, -0.2) is 15.8 Å². The molecule has 3 N–H and O–H groups in total. The highest BCUT2D eigenvalue weighted by atomic mass is 32.2. The maximum absolute atomic E-state index is 5.38. The van der Waals surface area contributed by atoms with E-state index in [1.165, 1.54) is 0 Å². The van der Waals surface area contributed by atoms with Crippen molar-refractivity contribution in [3.63, 3.8) is 0 Å². The molecule has 5 nitrogen and oxygen atoms in total. The standard InChI is InChI=1S/C11H10N4OS2/c1-6-8(2-4-16-6)18-10-7-3-5-17-9(7)13-11(14-10)15-12/h2-5H,12H2,1H3,(H,13,14,15). The lowest BCUT2D eigenvalue weighted by Gasteiger charge is -2.04. The van der Waals surface area contributed by atoms with E-state index < -0.39 is 0 Å². The number of thiophene rings is 1. The quantitative estimate of drug-likeness (QED) is 0.435. The summed E-state index contributed by atoms with van der Waals surface area (Å²) in [6.07, 6.45) is 1.67. The number of hydrogen-bond acceptors (Lipinski definition) is 7. The van der Waals surface area contributed by atoms with E-state index in [9.17, 15) is 0 Å². The van der Waals surface area contributed by atoms with Crippen LogP contribution in [0.2, 0.25) is 0 Å². The third-order valence-corrected chi connectivity index (χ3v) is 4.39. The molecule has 7 heteroatoms. The molecule has 0 saturated heterocycles. The summed E-state index contributed by atoms with van der Waals surface area (Å²) in [5, 5.41) is 3.90. The van der Waals surface area contributed by atoms with Crippen molar-refractivity contribution in [2.45, 2.75) is 16.8 Å². The van der Waals surface area contributed by atoms with E-state index in [-0.39, 0.29) is 0 Å². The van der Waals surface area contributed by atoms with Crippen LogP contribution in [0.1, 0.15) is 5.76 Å². The second-order valence-corrected chi connectivity index (χ2v) is 5.50. The summed E-state index contributed by atoms with van der Waals surface area (Å²) in [6.45, 7) is 1.93. The van der Waals surface area contributed by atoms with Gasteiger partial charge in [-0.05, 0) is 24.4 Å². The number of furan rings is 1. The van der Waals surface area contributed by atoms with E-state index in [2.05, 4.69) is 15.4 Å². The number of anilines is 1. The molecule has 0 aliphatic carbocycles. The summed E-state index contributed by atoms with van der Waals surface area (Å²) >= 11 is 3.12. The average Bonchev–Trinajstić information content (AvgIpc) is 2.98. The fourth-order valence-electron chi connectivity index (χ4n) is 1.55. The normalized spacial score (nSPS) is 11.0. The predicted molar refractivity (Wildman–Crippen MR) is 72.8 cm³/mol. The Hall–Kier alpha value is -1.57. The lowest BCUT2D eigenvalue weighted by atomic mass is 10.4. The third-order valence-electron chi connectivity index (χ3n) is 2.44. The van der Waals surface area contributed by atoms with Gasteiger partial charge in [-0.15, -0.1) is 11.3 Å². The maximum Gasteiger partial charge on any atom is 0.239 e. The summed E-state index contributed by atoms with van der Waals surface area (Å²) in [6, 6.07) is 3.94. The number of nitrogens with one attached hydrogen (secondary N) is 1. The van der Waals surface area contributed by atoms with Crippen molar-refractivity contribution in [1.82, 2.24) is 9.97 Å². The van der Waals surface area contributed by atoms with Gasteiger partial charge in [0.05, 0.1) is 11.2 Å². The molecule has 0 amide bonds. The molecule has 0 radical (unpaired) electrons. The SMILES string of the molecule is Cc1occc1Sc1nc(NN)nc2sccc12. The third kappa shape index (κ3) is 1.96. The molecule has 3 aromatic rings. The van der Waals surface area contributed by atoms with E-state index in [1.54, 1.807) is 29.4 Å². The summed E-state index contributed by atoms with van der Waals surface area (Å²) < 4.78 is 5.28. The summed E-state index contributed by atoms with van der Waals surface area (Å²) in [4.78, 5) is 10.7. The van der Waals surface area contributed by atoms with Crippen molar-refractivity contribution < 1.29 is 4.42 Å². The van der Waals surface area contributed by atoms with E-state index in [0.29, 0.717) is 5.95 Å². The van der Waals surface area contributed by atoms with Crippen molar-refractivity contribution in [1.29, 1.82) is 0 Å². The monoisotopic (exact) mass is 278 g/mol. The van der Waals surface area contributed by atoms with Crippen LogP contribution in [0.5, 0.6) is 0 Å². The second-order valence-electron chi connectivity index (χ2n) is 3.58. The molecule has 18 heavy (non-hydrogen) atoms. The summed E-state index contributed by atoms with van der Waals surface area (Å²) in [5.41, 5.74) is 2.49. The zero-order chi connectivity index (χ0) is 12.5. The van der Waals surface area contributed by atoms with Crippen molar-refractivity contribution in [3.8, 4) is 0 Å². The Bertz CT molecular complexity index is 691. The number of nitrogen functional groups attached to an aromatic ring is 1. The van der Waals surface area contributed by atoms with Crippen LogP contribution < -0.4 is 11.3 Å². The van der Waals surface area contributed by atoms with Crippen LogP contribution >= 0.6 is 23.1 Å². The van der Waals surface area contributed by atoms with Crippen LogP contribution in [0, 0.1) is 6.92 Å². The molecule has 3 heterocycles. The number of aromatic nitrogens is 2. The molecule has 0 aliphatic rings. The fourth-order valence-corrected chi connectivity index (χ4v) is 3.31. The smallest absolute Gasteiger partial charge is 0.239 e. The molecule has 0 aromatic carbocycles. The number of rotatable bonds is 3. The van der Waals surface area contributed by atoms with Gasteiger partial charge < -0.3 is 4.42 Å². The molecule has 0 bridgehead atoms. The minimum atomic E-state index is 0.425. The Morgan fingerprint density at radius 1 is 1.39 bits per heavy atom. The lowest BCUT2D eigenvalue weighted by molar-refractivity contribution is 0.527. The van der Waals surface area contributed by atoms with Crippen LogP contribution in [-0.2, 0) is 0 Å². The zero-order valence-corrected chi connectivity index (χ0v) is 11.1. The molecule has 0 saturated carbocycles. The largest absolute Gasteiger partial charge is 0.468 e. The average molecular weight is 278 g/mol. The van der Waals surface area contributed by atoms with E-state index in [1.807, 2.05) is 24.4 Å². The van der Waals surface area contributed by atoms with Gasteiger partial charge in [0.25, 0.3) is 0 Å². The highest BCUT2D eigenvalue weighted by molar-refractivity contribution is 7.99. The number of fused-ring (bicyclic) bond motifs is 1.